The van der Waals surface area contributed by atoms with E-state index < -0.39 is 0 Å². The van der Waals surface area contributed by atoms with Crippen LogP contribution in [0, 0.1) is 6.92 Å². The van der Waals surface area contributed by atoms with E-state index >= 15 is 0 Å². The zero-order valence-electron chi connectivity index (χ0n) is 11.1. The molecule has 6 heteroatoms. The van der Waals surface area contributed by atoms with Crippen LogP contribution >= 0.6 is 24.0 Å². The van der Waals surface area contributed by atoms with E-state index in [1.165, 1.54) is 11.8 Å². The van der Waals surface area contributed by atoms with Gasteiger partial charge in [-0.1, -0.05) is 24.0 Å². The van der Waals surface area contributed by atoms with Crippen LogP contribution in [0.5, 0.6) is 11.5 Å². The molecule has 0 aromatic heterocycles. The lowest BCUT2D eigenvalue weighted by molar-refractivity contribution is -0.121. The van der Waals surface area contributed by atoms with Crippen molar-refractivity contribution in [1.82, 2.24) is 4.90 Å². The van der Waals surface area contributed by atoms with Gasteiger partial charge in [0.25, 0.3) is 5.91 Å². The van der Waals surface area contributed by atoms with Crippen molar-refractivity contribution >= 4 is 40.3 Å². The van der Waals surface area contributed by atoms with Crippen molar-refractivity contribution in [2.45, 2.75) is 13.8 Å². The second-order valence-corrected chi connectivity index (χ2v) is 6.16. The fourth-order valence-corrected chi connectivity index (χ4v) is 3.50. The molecule has 1 aromatic rings. The van der Waals surface area contributed by atoms with Gasteiger partial charge in [-0.15, -0.1) is 0 Å². The summed E-state index contributed by atoms with van der Waals surface area (Å²) in [6, 6.07) is 3.82. The van der Waals surface area contributed by atoms with Gasteiger partial charge < -0.3 is 9.47 Å². The largest absolute Gasteiger partial charge is 0.454 e. The van der Waals surface area contributed by atoms with Crippen molar-refractivity contribution in [2.75, 3.05) is 13.3 Å². The predicted octanol–water partition coefficient (Wildman–Crippen LogP) is 2.94. The van der Waals surface area contributed by atoms with Gasteiger partial charge >= 0.3 is 0 Å². The number of benzene rings is 1. The first-order valence-corrected chi connectivity index (χ1v) is 7.48. The molecule has 2 heterocycles. The number of hydrogen-bond donors (Lipinski definition) is 0. The minimum absolute atomic E-state index is 0.0282. The first kappa shape index (κ1) is 13.5. The molecule has 1 amide bonds. The van der Waals surface area contributed by atoms with E-state index in [1.807, 2.05) is 32.1 Å². The van der Waals surface area contributed by atoms with E-state index in [0.717, 1.165) is 16.9 Å². The quantitative estimate of drug-likeness (QED) is 0.620. The summed E-state index contributed by atoms with van der Waals surface area (Å²) in [5.41, 5.74) is 1.99. The molecule has 0 saturated carbocycles. The molecule has 0 N–H and O–H groups in total. The van der Waals surface area contributed by atoms with Crippen molar-refractivity contribution in [3.63, 3.8) is 0 Å². The van der Waals surface area contributed by atoms with Gasteiger partial charge in [0.2, 0.25) is 6.79 Å². The second kappa shape index (κ2) is 5.10. The van der Waals surface area contributed by atoms with Crippen LogP contribution in [0.3, 0.4) is 0 Å². The minimum Gasteiger partial charge on any atom is -0.454 e. The Morgan fingerprint density at radius 2 is 2.10 bits per heavy atom. The second-order valence-electron chi connectivity index (χ2n) is 4.49. The molecule has 20 heavy (non-hydrogen) atoms. The first-order chi connectivity index (χ1) is 9.60. The zero-order valence-corrected chi connectivity index (χ0v) is 12.8. The van der Waals surface area contributed by atoms with Crippen LogP contribution in [0.4, 0.5) is 0 Å². The third-order valence-corrected chi connectivity index (χ3v) is 4.62. The average molecular weight is 307 g/mol. The highest BCUT2D eigenvalue weighted by Gasteiger charge is 2.30. The fraction of sp³-hybridized carbons (Fsp3) is 0.286. The van der Waals surface area contributed by atoms with Gasteiger partial charge in [0, 0.05) is 6.54 Å². The van der Waals surface area contributed by atoms with Crippen LogP contribution in [0.15, 0.2) is 17.0 Å². The SMILES string of the molecule is CCN1C(=O)/C(=C/c2cc3c(cc2C)OCO3)SC1=S. The molecule has 0 radical (unpaired) electrons. The van der Waals surface area contributed by atoms with Crippen LogP contribution in [-0.4, -0.2) is 28.5 Å². The average Bonchev–Trinajstić information content (AvgIpc) is 2.95. The normalized spacial score (nSPS) is 19.3. The van der Waals surface area contributed by atoms with Gasteiger partial charge in [-0.3, -0.25) is 9.69 Å². The number of ether oxygens (including phenoxy) is 2. The Balaban J connectivity index is 1.97. The molecule has 1 fully saturated rings. The summed E-state index contributed by atoms with van der Waals surface area (Å²) in [6.45, 7) is 4.74. The van der Waals surface area contributed by atoms with Crippen molar-refractivity contribution in [1.29, 1.82) is 0 Å². The van der Waals surface area contributed by atoms with Gasteiger partial charge in [-0.05, 0) is 43.2 Å². The molecule has 2 aliphatic heterocycles. The van der Waals surface area contributed by atoms with E-state index in [4.69, 9.17) is 21.7 Å². The molecule has 0 aliphatic carbocycles. The van der Waals surface area contributed by atoms with E-state index in [1.54, 1.807) is 4.90 Å². The molecule has 0 spiro atoms. The monoisotopic (exact) mass is 307 g/mol. The van der Waals surface area contributed by atoms with Crippen molar-refractivity contribution in [2.24, 2.45) is 0 Å². The molecule has 0 atom stereocenters. The maximum absolute atomic E-state index is 12.2. The van der Waals surface area contributed by atoms with E-state index in [2.05, 4.69) is 0 Å². The Hall–Kier alpha value is -1.53. The van der Waals surface area contributed by atoms with Gasteiger partial charge in [-0.25, -0.2) is 0 Å². The maximum atomic E-state index is 12.2. The van der Waals surface area contributed by atoms with Crippen molar-refractivity contribution in [3.8, 4) is 11.5 Å². The molecule has 1 aromatic carbocycles. The molecule has 3 rings (SSSR count). The number of aryl methyl sites for hydroxylation is 1. The third kappa shape index (κ3) is 2.19. The Kier molecular flexibility index (Phi) is 3.43. The highest BCUT2D eigenvalue weighted by Crippen LogP contribution is 2.37. The minimum atomic E-state index is -0.0282. The van der Waals surface area contributed by atoms with Crippen molar-refractivity contribution < 1.29 is 14.3 Å². The predicted molar refractivity (Wildman–Crippen MR) is 82.9 cm³/mol. The topological polar surface area (TPSA) is 38.8 Å². The summed E-state index contributed by atoms with van der Waals surface area (Å²) in [4.78, 5) is 14.4. The van der Waals surface area contributed by atoms with Crippen molar-refractivity contribution in [3.05, 3.63) is 28.2 Å². The highest BCUT2D eigenvalue weighted by atomic mass is 32.2. The third-order valence-electron chi connectivity index (χ3n) is 3.24. The van der Waals surface area contributed by atoms with E-state index in [0.29, 0.717) is 21.5 Å². The van der Waals surface area contributed by atoms with Gasteiger partial charge in [0.05, 0.1) is 4.91 Å². The lowest BCUT2D eigenvalue weighted by Crippen LogP contribution is -2.27. The Morgan fingerprint density at radius 1 is 1.40 bits per heavy atom. The molecule has 1 saturated heterocycles. The molecular formula is C14H13NO3S2. The Morgan fingerprint density at radius 3 is 2.75 bits per heavy atom. The van der Waals surface area contributed by atoms with E-state index in [-0.39, 0.29) is 12.7 Å². The number of nitrogens with zero attached hydrogens (tertiary/aromatic N) is 1. The lowest BCUT2D eigenvalue weighted by atomic mass is 10.1. The lowest BCUT2D eigenvalue weighted by Gasteiger charge is -2.09. The first-order valence-electron chi connectivity index (χ1n) is 6.25. The number of amides is 1. The molecule has 0 bridgehead atoms. The Labute approximate surface area is 126 Å². The summed E-state index contributed by atoms with van der Waals surface area (Å²) >= 11 is 6.54. The number of rotatable bonds is 2. The van der Waals surface area contributed by atoms with Crippen LogP contribution in [0.25, 0.3) is 6.08 Å². The Bertz CT molecular complexity index is 640. The standard InChI is InChI=1S/C14H13NO3S2/c1-3-15-13(16)12(20-14(15)19)6-9-5-11-10(4-8(9)2)17-7-18-11/h4-6H,3,7H2,1-2H3/b12-6-. The number of likely N-dealkylation sites (N-methyl/N-ethyl adjacent to an activating group) is 1. The molecule has 0 unspecified atom stereocenters. The maximum Gasteiger partial charge on any atom is 0.266 e. The summed E-state index contributed by atoms with van der Waals surface area (Å²) in [7, 11) is 0. The summed E-state index contributed by atoms with van der Waals surface area (Å²) in [5, 5.41) is 0. The van der Waals surface area contributed by atoms with Crippen LogP contribution in [-0.2, 0) is 4.79 Å². The number of thiocarbonyl (C=S) groups is 1. The molecule has 2 aliphatic rings. The summed E-state index contributed by atoms with van der Waals surface area (Å²) in [6.07, 6.45) is 1.87. The van der Waals surface area contributed by atoms with Gasteiger partial charge in [-0.2, -0.15) is 0 Å². The summed E-state index contributed by atoms with van der Waals surface area (Å²) < 4.78 is 11.3. The van der Waals surface area contributed by atoms with Gasteiger partial charge in [0.1, 0.15) is 4.32 Å². The number of fused-ring (bicyclic) bond motifs is 1. The highest BCUT2D eigenvalue weighted by molar-refractivity contribution is 8.26. The number of carbonyl (C=O) groups is 1. The molecule has 104 valence electrons. The number of hydrogen-bond acceptors (Lipinski definition) is 5. The fourth-order valence-electron chi connectivity index (χ4n) is 2.13. The summed E-state index contributed by atoms with van der Waals surface area (Å²) in [5.74, 6) is 1.44. The number of thioether (sulfide) groups is 1. The molecule has 4 nitrogen and oxygen atoms in total. The van der Waals surface area contributed by atoms with E-state index in [9.17, 15) is 4.79 Å². The van der Waals surface area contributed by atoms with Crippen LogP contribution < -0.4 is 9.47 Å². The molecular weight excluding hydrogens is 294 g/mol. The van der Waals surface area contributed by atoms with Gasteiger partial charge in [0.15, 0.2) is 11.5 Å². The van der Waals surface area contributed by atoms with Crippen LogP contribution in [0.2, 0.25) is 0 Å². The number of carbonyl (C=O) groups excluding carboxylic acids is 1. The zero-order chi connectivity index (χ0) is 14.3. The smallest absolute Gasteiger partial charge is 0.266 e. The van der Waals surface area contributed by atoms with Crippen LogP contribution in [0.1, 0.15) is 18.1 Å².